The van der Waals surface area contributed by atoms with Crippen molar-refractivity contribution in [3.63, 3.8) is 0 Å². The highest BCUT2D eigenvalue weighted by molar-refractivity contribution is 7.93. The fraction of sp³-hybridized carbons (Fsp3) is 0.200. The van der Waals surface area contributed by atoms with Gasteiger partial charge < -0.3 is 5.73 Å². The number of anilines is 2. The van der Waals surface area contributed by atoms with Crippen LogP contribution >= 0.6 is 0 Å². The Morgan fingerprint density at radius 2 is 2.11 bits per heavy atom. The molecule has 0 spiro atoms. The number of nitrogens with zero attached hydrogens (tertiary/aromatic N) is 4. The standard InChI is InChI=1S/C10H13N5O2S/c1-14-7-8(10(11)13-14)18(16,17)15(2)9-5-3-4-6-12-9/h3-7H,1-2H3,(H2,11,13). The van der Waals surface area contributed by atoms with Crippen molar-refractivity contribution >= 4 is 21.7 Å². The molecule has 0 fully saturated rings. The maximum absolute atomic E-state index is 12.3. The van der Waals surface area contributed by atoms with Gasteiger partial charge in [-0.05, 0) is 12.1 Å². The normalized spacial score (nSPS) is 11.4. The molecular formula is C10H13N5O2S. The molecule has 2 heterocycles. The van der Waals surface area contributed by atoms with Crippen LogP contribution in [0, 0.1) is 0 Å². The Morgan fingerprint density at radius 3 is 2.61 bits per heavy atom. The van der Waals surface area contributed by atoms with Crippen LogP contribution in [0.4, 0.5) is 11.6 Å². The molecule has 0 saturated carbocycles. The number of rotatable bonds is 3. The quantitative estimate of drug-likeness (QED) is 0.858. The molecule has 0 atom stereocenters. The van der Waals surface area contributed by atoms with E-state index in [2.05, 4.69) is 10.1 Å². The third kappa shape index (κ3) is 2.02. The second-order valence-electron chi connectivity index (χ2n) is 3.71. The van der Waals surface area contributed by atoms with E-state index in [9.17, 15) is 8.42 Å². The lowest BCUT2D eigenvalue weighted by atomic mass is 10.5. The van der Waals surface area contributed by atoms with Crippen LogP contribution < -0.4 is 10.0 Å². The summed E-state index contributed by atoms with van der Waals surface area (Å²) in [6.45, 7) is 0. The second kappa shape index (κ2) is 4.30. The summed E-state index contributed by atoms with van der Waals surface area (Å²) >= 11 is 0. The lowest BCUT2D eigenvalue weighted by Crippen LogP contribution is -2.27. The third-order valence-electron chi connectivity index (χ3n) is 2.43. The molecule has 2 aromatic rings. The van der Waals surface area contributed by atoms with Gasteiger partial charge in [0.2, 0.25) is 0 Å². The molecule has 0 bridgehead atoms. The third-order valence-corrected chi connectivity index (χ3v) is 4.21. The predicted octanol–water partition coefficient (Wildman–Crippen LogP) is 0.222. The number of hydrogen-bond acceptors (Lipinski definition) is 5. The van der Waals surface area contributed by atoms with Gasteiger partial charge in [0.05, 0.1) is 0 Å². The molecule has 2 aromatic heterocycles. The zero-order valence-electron chi connectivity index (χ0n) is 9.98. The molecule has 2 rings (SSSR count). The predicted molar refractivity (Wildman–Crippen MR) is 67.4 cm³/mol. The molecule has 0 aliphatic rings. The summed E-state index contributed by atoms with van der Waals surface area (Å²) in [5.74, 6) is 0.293. The van der Waals surface area contributed by atoms with E-state index in [1.165, 1.54) is 24.1 Å². The monoisotopic (exact) mass is 267 g/mol. The highest BCUT2D eigenvalue weighted by Crippen LogP contribution is 2.23. The van der Waals surface area contributed by atoms with Gasteiger partial charge in [-0.2, -0.15) is 5.10 Å². The van der Waals surface area contributed by atoms with Crippen molar-refractivity contribution in [1.82, 2.24) is 14.8 Å². The van der Waals surface area contributed by atoms with Gasteiger partial charge in [0.25, 0.3) is 10.0 Å². The molecule has 0 saturated heterocycles. The first-order valence-electron chi connectivity index (χ1n) is 5.12. The van der Waals surface area contributed by atoms with E-state index in [0.29, 0.717) is 5.82 Å². The Kier molecular flexibility index (Phi) is 2.95. The summed E-state index contributed by atoms with van der Waals surface area (Å²) in [6.07, 6.45) is 2.89. The van der Waals surface area contributed by atoms with E-state index < -0.39 is 10.0 Å². The Bertz CT molecular complexity index is 650. The van der Waals surface area contributed by atoms with E-state index >= 15 is 0 Å². The minimum absolute atomic E-state index is 0.0275. The van der Waals surface area contributed by atoms with Crippen molar-refractivity contribution in [2.45, 2.75) is 4.90 Å². The fourth-order valence-corrected chi connectivity index (χ4v) is 2.73. The number of nitrogen functional groups attached to an aromatic ring is 1. The zero-order valence-corrected chi connectivity index (χ0v) is 10.8. The number of pyridine rings is 1. The van der Waals surface area contributed by atoms with E-state index in [-0.39, 0.29) is 10.7 Å². The molecule has 0 unspecified atom stereocenters. The highest BCUT2D eigenvalue weighted by atomic mass is 32.2. The van der Waals surface area contributed by atoms with Crippen LogP contribution in [-0.4, -0.2) is 30.2 Å². The summed E-state index contributed by atoms with van der Waals surface area (Å²) in [7, 11) is -0.711. The van der Waals surface area contributed by atoms with Crippen LogP contribution in [0.1, 0.15) is 0 Å². The van der Waals surface area contributed by atoms with Gasteiger partial charge in [-0.1, -0.05) is 6.07 Å². The molecule has 8 heteroatoms. The maximum Gasteiger partial charge on any atom is 0.270 e. The summed E-state index contributed by atoms with van der Waals surface area (Å²) in [5.41, 5.74) is 5.59. The van der Waals surface area contributed by atoms with E-state index in [1.807, 2.05) is 0 Å². The van der Waals surface area contributed by atoms with Gasteiger partial charge in [0.1, 0.15) is 10.7 Å². The molecule has 0 aliphatic heterocycles. The lowest BCUT2D eigenvalue weighted by Gasteiger charge is -2.17. The van der Waals surface area contributed by atoms with Gasteiger partial charge in [0, 0.05) is 26.5 Å². The Labute approximate surface area is 105 Å². The van der Waals surface area contributed by atoms with E-state index in [4.69, 9.17) is 5.73 Å². The lowest BCUT2D eigenvalue weighted by molar-refractivity contribution is 0.594. The Morgan fingerprint density at radius 1 is 1.39 bits per heavy atom. The van der Waals surface area contributed by atoms with Gasteiger partial charge in [-0.3, -0.25) is 8.99 Å². The molecular weight excluding hydrogens is 254 g/mol. The Hall–Kier alpha value is -2.09. The maximum atomic E-state index is 12.3. The number of hydrogen-bond donors (Lipinski definition) is 1. The number of sulfonamides is 1. The number of aryl methyl sites for hydroxylation is 1. The smallest absolute Gasteiger partial charge is 0.270 e. The SMILES string of the molecule is CN(c1ccccn1)S(=O)(=O)c1cn(C)nc1N. The first-order chi connectivity index (χ1) is 8.43. The molecule has 7 nitrogen and oxygen atoms in total. The van der Waals surface area contributed by atoms with Gasteiger partial charge in [-0.25, -0.2) is 13.4 Å². The van der Waals surface area contributed by atoms with Crippen LogP contribution in [0.3, 0.4) is 0 Å². The van der Waals surface area contributed by atoms with Gasteiger partial charge >= 0.3 is 0 Å². The Balaban J connectivity index is 2.47. The van der Waals surface area contributed by atoms with Crippen LogP contribution in [0.5, 0.6) is 0 Å². The van der Waals surface area contributed by atoms with Crippen LogP contribution in [0.25, 0.3) is 0 Å². The molecule has 18 heavy (non-hydrogen) atoms. The average molecular weight is 267 g/mol. The molecule has 2 N–H and O–H groups in total. The minimum Gasteiger partial charge on any atom is -0.381 e. The first-order valence-corrected chi connectivity index (χ1v) is 6.56. The first kappa shape index (κ1) is 12.4. The van der Waals surface area contributed by atoms with Crippen molar-refractivity contribution in [1.29, 1.82) is 0 Å². The average Bonchev–Trinajstić information content (AvgIpc) is 2.69. The van der Waals surface area contributed by atoms with Crippen molar-refractivity contribution in [2.75, 3.05) is 17.1 Å². The fourth-order valence-electron chi connectivity index (χ4n) is 1.49. The number of nitrogens with two attached hydrogens (primary N) is 1. The molecule has 96 valence electrons. The van der Waals surface area contributed by atoms with Crippen molar-refractivity contribution < 1.29 is 8.42 Å². The second-order valence-corrected chi connectivity index (χ2v) is 5.65. The van der Waals surface area contributed by atoms with Gasteiger partial charge in [0.15, 0.2) is 5.82 Å². The van der Waals surface area contributed by atoms with Crippen molar-refractivity contribution in [2.24, 2.45) is 7.05 Å². The molecule has 0 radical (unpaired) electrons. The summed E-state index contributed by atoms with van der Waals surface area (Å²) in [6, 6.07) is 5.02. The van der Waals surface area contributed by atoms with E-state index in [0.717, 1.165) is 4.31 Å². The topological polar surface area (TPSA) is 94.1 Å². The summed E-state index contributed by atoms with van der Waals surface area (Å²) in [5, 5.41) is 3.82. The molecule has 0 aromatic carbocycles. The molecule has 0 aliphatic carbocycles. The highest BCUT2D eigenvalue weighted by Gasteiger charge is 2.26. The minimum atomic E-state index is -3.74. The van der Waals surface area contributed by atoms with Crippen molar-refractivity contribution in [3.8, 4) is 0 Å². The van der Waals surface area contributed by atoms with Crippen LogP contribution in [-0.2, 0) is 17.1 Å². The van der Waals surface area contributed by atoms with Crippen LogP contribution in [0.2, 0.25) is 0 Å². The van der Waals surface area contributed by atoms with Crippen LogP contribution in [0.15, 0.2) is 35.5 Å². The number of aromatic nitrogens is 3. The summed E-state index contributed by atoms with van der Waals surface area (Å²) in [4.78, 5) is 3.96. The molecule has 0 amide bonds. The largest absolute Gasteiger partial charge is 0.381 e. The zero-order chi connectivity index (χ0) is 13.3. The van der Waals surface area contributed by atoms with Crippen molar-refractivity contribution in [3.05, 3.63) is 30.6 Å². The van der Waals surface area contributed by atoms with E-state index in [1.54, 1.807) is 25.2 Å². The van der Waals surface area contributed by atoms with Gasteiger partial charge in [-0.15, -0.1) is 0 Å². The summed E-state index contributed by atoms with van der Waals surface area (Å²) < 4.78 is 27.1.